The van der Waals surface area contributed by atoms with E-state index in [-0.39, 0.29) is 23.8 Å². The van der Waals surface area contributed by atoms with Crippen molar-refractivity contribution in [1.82, 2.24) is 10.2 Å². The first-order valence-electron chi connectivity index (χ1n) is 7.88. The minimum absolute atomic E-state index is 0.0225. The number of carbonyl (C=O) groups is 2. The van der Waals surface area contributed by atoms with Crippen LogP contribution in [0.1, 0.15) is 48.9 Å². The van der Waals surface area contributed by atoms with Gasteiger partial charge in [0.1, 0.15) is 0 Å². The van der Waals surface area contributed by atoms with E-state index in [1.54, 1.807) is 11.3 Å². The fraction of sp³-hybridized carbons (Fsp3) is 0.625. The number of thiophene rings is 1. The lowest BCUT2D eigenvalue weighted by atomic mass is 9.98. The van der Waals surface area contributed by atoms with Gasteiger partial charge in [-0.1, -0.05) is 6.42 Å². The number of hydrogen-bond donors (Lipinski definition) is 1. The fourth-order valence-electron chi connectivity index (χ4n) is 3.52. The summed E-state index contributed by atoms with van der Waals surface area (Å²) in [6, 6.07) is 1.96. The number of nitrogens with one attached hydrogen (secondary N) is 1. The first-order chi connectivity index (χ1) is 10.3. The van der Waals surface area contributed by atoms with Gasteiger partial charge in [0.15, 0.2) is 0 Å². The van der Waals surface area contributed by atoms with Crippen LogP contribution in [0.2, 0.25) is 0 Å². The lowest BCUT2D eigenvalue weighted by molar-refractivity contribution is -0.126. The summed E-state index contributed by atoms with van der Waals surface area (Å²) in [5, 5.41) is 6.89. The quantitative estimate of drug-likeness (QED) is 0.867. The number of nitrogens with zero attached hydrogens (tertiary/aromatic N) is 1. The third-order valence-corrected chi connectivity index (χ3v) is 5.30. The van der Waals surface area contributed by atoms with E-state index in [1.165, 1.54) is 0 Å². The Morgan fingerprint density at radius 2 is 2.14 bits per heavy atom. The summed E-state index contributed by atoms with van der Waals surface area (Å²) >= 11 is 1.55. The zero-order valence-corrected chi connectivity index (χ0v) is 13.0. The average molecular weight is 306 g/mol. The van der Waals surface area contributed by atoms with E-state index in [2.05, 4.69) is 5.32 Å². The zero-order chi connectivity index (χ0) is 14.7. The molecule has 1 saturated carbocycles. The van der Waals surface area contributed by atoms with Gasteiger partial charge in [0.2, 0.25) is 5.91 Å². The monoisotopic (exact) mass is 306 g/mol. The van der Waals surface area contributed by atoms with Crippen LogP contribution in [0.15, 0.2) is 16.8 Å². The van der Waals surface area contributed by atoms with Crippen molar-refractivity contribution < 1.29 is 9.59 Å². The predicted molar refractivity (Wildman–Crippen MR) is 83.3 cm³/mol. The SMILES string of the molecule is O=C1NCCCCCN(C(=O)c2ccsc2)[C@H]2CCC[C@@H]12. The van der Waals surface area contributed by atoms with E-state index in [1.807, 2.05) is 21.7 Å². The van der Waals surface area contributed by atoms with Crippen LogP contribution in [0, 0.1) is 5.92 Å². The van der Waals surface area contributed by atoms with Gasteiger partial charge in [-0.25, -0.2) is 0 Å². The Kier molecular flexibility index (Phi) is 4.58. The van der Waals surface area contributed by atoms with Gasteiger partial charge in [0.25, 0.3) is 5.91 Å². The Bertz CT molecular complexity index is 500. The lowest BCUT2D eigenvalue weighted by Gasteiger charge is -2.33. The maximum atomic E-state index is 12.8. The van der Waals surface area contributed by atoms with Crippen LogP contribution in [0.4, 0.5) is 0 Å². The van der Waals surface area contributed by atoms with Crippen molar-refractivity contribution in [1.29, 1.82) is 0 Å². The van der Waals surface area contributed by atoms with Crippen molar-refractivity contribution in [2.75, 3.05) is 13.1 Å². The van der Waals surface area contributed by atoms with Crippen molar-refractivity contribution in [3.8, 4) is 0 Å². The summed E-state index contributed by atoms with van der Waals surface area (Å²) in [5.74, 6) is 0.217. The molecule has 2 heterocycles. The normalized spacial score (nSPS) is 27.0. The number of fused-ring (bicyclic) bond motifs is 1. The summed E-state index contributed by atoms with van der Waals surface area (Å²) in [6.45, 7) is 1.56. The summed E-state index contributed by atoms with van der Waals surface area (Å²) in [6.07, 6.45) is 5.98. The van der Waals surface area contributed by atoms with Gasteiger partial charge < -0.3 is 10.2 Å². The van der Waals surface area contributed by atoms with Gasteiger partial charge in [0, 0.05) is 24.5 Å². The van der Waals surface area contributed by atoms with E-state index in [4.69, 9.17) is 0 Å². The lowest BCUT2D eigenvalue weighted by Crippen LogP contribution is -2.48. The molecule has 0 bridgehead atoms. The summed E-state index contributed by atoms with van der Waals surface area (Å²) < 4.78 is 0. The minimum atomic E-state index is -0.0225. The van der Waals surface area contributed by atoms with E-state index in [0.717, 1.165) is 57.2 Å². The maximum absolute atomic E-state index is 12.8. The highest BCUT2D eigenvalue weighted by Crippen LogP contribution is 2.32. The van der Waals surface area contributed by atoms with Crippen molar-refractivity contribution in [3.63, 3.8) is 0 Å². The molecule has 3 rings (SSSR count). The highest BCUT2D eigenvalue weighted by molar-refractivity contribution is 7.08. The summed E-state index contributed by atoms with van der Waals surface area (Å²) in [7, 11) is 0. The first kappa shape index (κ1) is 14.6. The molecule has 114 valence electrons. The Balaban J connectivity index is 1.83. The van der Waals surface area contributed by atoms with E-state index < -0.39 is 0 Å². The number of amides is 2. The molecule has 2 fully saturated rings. The van der Waals surface area contributed by atoms with E-state index in [0.29, 0.717) is 0 Å². The highest BCUT2D eigenvalue weighted by atomic mass is 32.1. The molecule has 0 spiro atoms. The number of hydrogen-bond acceptors (Lipinski definition) is 3. The van der Waals surface area contributed by atoms with E-state index in [9.17, 15) is 9.59 Å². The second-order valence-corrected chi connectivity index (χ2v) is 6.75. The van der Waals surface area contributed by atoms with E-state index >= 15 is 0 Å². The van der Waals surface area contributed by atoms with Crippen LogP contribution in [0.3, 0.4) is 0 Å². The molecule has 1 aromatic rings. The van der Waals surface area contributed by atoms with Crippen molar-refractivity contribution in [2.24, 2.45) is 5.92 Å². The maximum Gasteiger partial charge on any atom is 0.254 e. The van der Waals surface area contributed by atoms with Crippen molar-refractivity contribution >= 4 is 23.2 Å². The van der Waals surface area contributed by atoms with Crippen molar-refractivity contribution in [2.45, 2.75) is 44.6 Å². The van der Waals surface area contributed by atoms with Crippen LogP contribution < -0.4 is 5.32 Å². The molecule has 0 radical (unpaired) electrons. The van der Waals surface area contributed by atoms with Crippen LogP contribution in [0.25, 0.3) is 0 Å². The largest absolute Gasteiger partial charge is 0.356 e. The standard InChI is InChI=1S/C16H22N2O2S/c19-15-13-5-4-6-14(13)18(9-3-1-2-8-17-15)16(20)12-7-10-21-11-12/h7,10-11,13-14H,1-6,8-9H2,(H,17,19)/t13-,14+/m1/s1. The van der Waals surface area contributed by atoms with Crippen LogP contribution in [0.5, 0.6) is 0 Å². The second-order valence-electron chi connectivity index (χ2n) is 5.97. The average Bonchev–Trinajstić information content (AvgIpc) is 3.16. The summed E-state index contributed by atoms with van der Waals surface area (Å²) in [5.41, 5.74) is 0.767. The molecule has 1 aliphatic heterocycles. The van der Waals surface area contributed by atoms with Crippen LogP contribution in [-0.2, 0) is 4.79 Å². The van der Waals surface area contributed by atoms with Gasteiger partial charge in [-0.2, -0.15) is 11.3 Å². The fourth-order valence-corrected chi connectivity index (χ4v) is 4.15. The molecular weight excluding hydrogens is 284 g/mol. The molecular formula is C16H22N2O2S. The third kappa shape index (κ3) is 3.12. The van der Waals surface area contributed by atoms with Crippen LogP contribution in [-0.4, -0.2) is 35.8 Å². The molecule has 2 amide bonds. The molecule has 5 heteroatoms. The smallest absolute Gasteiger partial charge is 0.254 e. The molecule has 2 atom stereocenters. The van der Waals surface area contributed by atoms with Crippen LogP contribution >= 0.6 is 11.3 Å². The molecule has 2 aliphatic rings. The Hall–Kier alpha value is -1.36. The van der Waals surface area contributed by atoms with Gasteiger partial charge >= 0.3 is 0 Å². The zero-order valence-electron chi connectivity index (χ0n) is 12.2. The Labute approximate surface area is 129 Å². The second kappa shape index (κ2) is 6.60. The third-order valence-electron chi connectivity index (χ3n) is 4.62. The van der Waals surface area contributed by atoms with Gasteiger partial charge in [-0.15, -0.1) is 0 Å². The van der Waals surface area contributed by atoms with Gasteiger partial charge in [-0.05, 0) is 43.6 Å². The molecule has 1 aliphatic carbocycles. The highest BCUT2D eigenvalue weighted by Gasteiger charge is 2.39. The summed E-state index contributed by atoms with van der Waals surface area (Å²) in [4.78, 5) is 27.1. The molecule has 0 unspecified atom stereocenters. The topological polar surface area (TPSA) is 49.4 Å². The minimum Gasteiger partial charge on any atom is -0.356 e. The first-order valence-corrected chi connectivity index (χ1v) is 8.82. The number of rotatable bonds is 1. The molecule has 1 aromatic heterocycles. The molecule has 1 saturated heterocycles. The molecule has 21 heavy (non-hydrogen) atoms. The van der Waals surface area contributed by atoms with Crippen molar-refractivity contribution in [3.05, 3.63) is 22.4 Å². The molecule has 4 nitrogen and oxygen atoms in total. The molecule has 1 N–H and O–H groups in total. The predicted octanol–water partition coefficient (Wildman–Crippen LogP) is 2.66. The Morgan fingerprint density at radius 1 is 1.24 bits per heavy atom. The Morgan fingerprint density at radius 3 is 2.95 bits per heavy atom. The number of carbonyl (C=O) groups excluding carboxylic acids is 2. The molecule has 0 aromatic carbocycles. The van der Waals surface area contributed by atoms with Gasteiger partial charge in [-0.3, -0.25) is 9.59 Å². The van der Waals surface area contributed by atoms with Gasteiger partial charge in [0.05, 0.1) is 11.5 Å².